The standard InChI is InChI=1S/C26H37F3N2O2/c1-19(2)25(18-30,21-8-6-9-22(17-21)26(27,28)29)13-7-14-31(3)15-12-20-10-11-23(32-4)24(16-20)33-5/h6,8-11,16-17,19H,7,12-15,18,30H2,1-5H3. The Morgan fingerprint density at radius 2 is 1.61 bits per heavy atom. The summed E-state index contributed by atoms with van der Waals surface area (Å²) in [6, 6.07) is 11.6. The third-order valence-corrected chi connectivity index (χ3v) is 6.63. The lowest BCUT2D eigenvalue weighted by Crippen LogP contribution is -2.41. The summed E-state index contributed by atoms with van der Waals surface area (Å²) in [5.41, 5.74) is 6.89. The molecule has 0 radical (unpaired) electrons. The lowest BCUT2D eigenvalue weighted by Gasteiger charge is -2.38. The van der Waals surface area contributed by atoms with Gasteiger partial charge in [-0.3, -0.25) is 0 Å². The highest BCUT2D eigenvalue weighted by atomic mass is 19.4. The van der Waals surface area contributed by atoms with Crippen molar-refractivity contribution in [3.8, 4) is 11.5 Å². The summed E-state index contributed by atoms with van der Waals surface area (Å²) in [6.07, 6.45) is -1.94. The minimum atomic E-state index is -4.36. The highest BCUT2D eigenvalue weighted by Crippen LogP contribution is 2.39. The third-order valence-electron chi connectivity index (χ3n) is 6.63. The van der Waals surface area contributed by atoms with Gasteiger partial charge in [-0.25, -0.2) is 0 Å². The molecular formula is C26H37F3N2O2. The van der Waals surface area contributed by atoms with E-state index in [2.05, 4.69) is 11.9 Å². The van der Waals surface area contributed by atoms with Gasteiger partial charge in [-0.15, -0.1) is 0 Å². The van der Waals surface area contributed by atoms with E-state index in [9.17, 15) is 13.2 Å². The van der Waals surface area contributed by atoms with Crippen LogP contribution >= 0.6 is 0 Å². The molecule has 0 amide bonds. The van der Waals surface area contributed by atoms with Crippen LogP contribution in [0.25, 0.3) is 0 Å². The molecule has 0 aliphatic carbocycles. The lowest BCUT2D eigenvalue weighted by atomic mass is 9.68. The monoisotopic (exact) mass is 466 g/mol. The van der Waals surface area contributed by atoms with Crippen LogP contribution in [0, 0.1) is 5.92 Å². The topological polar surface area (TPSA) is 47.7 Å². The third kappa shape index (κ3) is 6.87. The second-order valence-electron chi connectivity index (χ2n) is 8.94. The Kier molecular flexibility index (Phi) is 9.61. The Hall–Kier alpha value is -2.25. The van der Waals surface area contributed by atoms with Crippen molar-refractivity contribution in [2.24, 2.45) is 11.7 Å². The van der Waals surface area contributed by atoms with Crippen LogP contribution in [0.5, 0.6) is 11.5 Å². The molecule has 184 valence electrons. The number of rotatable bonds is 12. The van der Waals surface area contributed by atoms with Gasteiger partial charge in [0, 0.05) is 18.5 Å². The molecule has 33 heavy (non-hydrogen) atoms. The molecule has 0 aliphatic rings. The van der Waals surface area contributed by atoms with Crippen LogP contribution < -0.4 is 15.2 Å². The SMILES string of the molecule is COc1ccc(CCN(C)CCCC(CN)(c2cccc(C(F)(F)F)c2)C(C)C)cc1OC. The Morgan fingerprint density at radius 1 is 0.939 bits per heavy atom. The predicted octanol–water partition coefficient (Wildman–Crippen LogP) is 5.53. The van der Waals surface area contributed by atoms with Crippen molar-refractivity contribution in [2.45, 2.75) is 44.7 Å². The number of hydrogen-bond acceptors (Lipinski definition) is 4. The van der Waals surface area contributed by atoms with Gasteiger partial charge in [-0.05, 0) is 68.1 Å². The van der Waals surface area contributed by atoms with Gasteiger partial charge in [0.25, 0.3) is 0 Å². The molecule has 1 unspecified atom stereocenters. The first-order valence-corrected chi connectivity index (χ1v) is 11.3. The highest BCUT2D eigenvalue weighted by Gasteiger charge is 2.37. The fourth-order valence-electron chi connectivity index (χ4n) is 4.36. The maximum absolute atomic E-state index is 13.3. The summed E-state index contributed by atoms with van der Waals surface area (Å²) in [5.74, 6) is 1.53. The highest BCUT2D eigenvalue weighted by molar-refractivity contribution is 5.43. The van der Waals surface area contributed by atoms with E-state index in [0.717, 1.165) is 44.0 Å². The van der Waals surface area contributed by atoms with E-state index in [1.165, 1.54) is 12.1 Å². The van der Waals surface area contributed by atoms with Gasteiger partial charge >= 0.3 is 6.18 Å². The smallest absolute Gasteiger partial charge is 0.416 e. The number of benzene rings is 2. The molecule has 0 fully saturated rings. The van der Waals surface area contributed by atoms with E-state index in [1.54, 1.807) is 20.3 Å². The molecule has 7 heteroatoms. The summed E-state index contributed by atoms with van der Waals surface area (Å²) in [6.45, 7) is 6.07. The summed E-state index contributed by atoms with van der Waals surface area (Å²) in [7, 11) is 5.30. The molecule has 4 nitrogen and oxygen atoms in total. The maximum atomic E-state index is 13.3. The minimum Gasteiger partial charge on any atom is -0.493 e. The summed E-state index contributed by atoms with van der Waals surface area (Å²) in [5, 5.41) is 0. The first-order valence-electron chi connectivity index (χ1n) is 11.3. The van der Waals surface area contributed by atoms with E-state index in [1.807, 2.05) is 32.0 Å². The van der Waals surface area contributed by atoms with Crippen LogP contribution in [0.4, 0.5) is 13.2 Å². The number of nitrogens with two attached hydrogens (primary N) is 1. The largest absolute Gasteiger partial charge is 0.493 e. The van der Waals surface area contributed by atoms with Crippen molar-refractivity contribution in [3.05, 3.63) is 59.2 Å². The number of methoxy groups -OCH3 is 2. The van der Waals surface area contributed by atoms with Gasteiger partial charge in [0.1, 0.15) is 0 Å². The Labute approximate surface area is 195 Å². The molecule has 2 aromatic rings. The molecular weight excluding hydrogens is 429 g/mol. The Bertz CT molecular complexity index is 886. The van der Waals surface area contributed by atoms with E-state index in [0.29, 0.717) is 23.6 Å². The average molecular weight is 467 g/mol. The zero-order valence-electron chi connectivity index (χ0n) is 20.3. The van der Waals surface area contributed by atoms with Crippen molar-refractivity contribution >= 4 is 0 Å². The second kappa shape index (κ2) is 11.7. The molecule has 0 heterocycles. The van der Waals surface area contributed by atoms with E-state index in [4.69, 9.17) is 15.2 Å². The van der Waals surface area contributed by atoms with Crippen LogP contribution in [-0.2, 0) is 18.0 Å². The first-order chi connectivity index (χ1) is 15.6. The van der Waals surface area contributed by atoms with Gasteiger partial charge in [0.2, 0.25) is 0 Å². The molecule has 0 aromatic heterocycles. The fourth-order valence-corrected chi connectivity index (χ4v) is 4.36. The maximum Gasteiger partial charge on any atom is 0.416 e. The van der Waals surface area contributed by atoms with Crippen LogP contribution in [-0.4, -0.2) is 45.8 Å². The number of ether oxygens (including phenoxy) is 2. The van der Waals surface area contributed by atoms with Gasteiger partial charge in [-0.2, -0.15) is 13.2 Å². The zero-order valence-corrected chi connectivity index (χ0v) is 20.3. The van der Waals surface area contributed by atoms with Crippen LogP contribution in [0.2, 0.25) is 0 Å². The first kappa shape index (κ1) is 27.0. The van der Waals surface area contributed by atoms with Crippen LogP contribution in [0.3, 0.4) is 0 Å². The predicted molar refractivity (Wildman–Crippen MR) is 127 cm³/mol. The van der Waals surface area contributed by atoms with Gasteiger partial charge < -0.3 is 20.1 Å². The van der Waals surface area contributed by atoms with Crippen LogP contribution in [0.15, 0.2) is 42.5 Å². The van der Waals surface area contributed by atoms with Crippen molar-refractivity contribution in [2.75, 3.05) is 40.9 Å². The van der Waals surface area contributed by atoms with Gasteiger partial charge in [-0.1, -0.05) is 38.1 Å². The molecule has 2 rings (SSSR count). The molecule has 1 atom stereocenters. The quantitative estimate of drug-likeness (QED) is 0.447. The molecule has 0 aliphatic heterocycles. The number of halogens is 3. The molecule has 0 bridgehead atoms. The van der Waals surface area contributed by atoms with E-state index >= 15 is 0 Å². The molecule has 0 saturated heterocycles. The summed E-state index contributed by atoms with van der Waals surface area (Å²) in [4.78, 5) is 2.24. The number of likely N-dealkylation sites (N-methyl/N-ethyl adjacent to an activating group) is 1. The molecule has 2 N–H and O–H groups in total. The number of hydrogen-bond donors (Lipinski definition) is 1. The van der Waals surface area contributed by atoms with Gasteiger partial charge in [0.15, 0.2) is 11.5 Å². The van der Waals surface area contributed by atoms with Crippen molar-refractivity contribution in [3.63, 3.8) is 0 Å². The second-order valence-corrected chi connectivity index (χ2v) is 8.94. The van der Waals surface area contributed by atoms with Crippen LogP contribution in [0.1, 0.15) is 43.4 Å². The average Bonchev–Trinajstić information content (AvgIpc) is 2.79. The number of nitrogens with zero attached hydrogens (tertiary/aromatic N) is 1. The molecule has 0 spiro atoms. The van der Waals surface area contributed by atoms with Crippen molar-refractivity contribution in [1.82, 2.24) is 4.90 Å². The zero-order chi connectivity index (χ0) is 24.6. The van der Waals surface area contributed by atoms with Crippen molar-refractivity contribution < 1.29 is 22.6 Å². The fraction of sp³-hybridized carbons (Fsp3) is 0.538. The van der Waals surface area contributed by atoms with E-state index < -0.39 is 17.2 Å². The van der Waals surface area contributed by atoms with E-state index in [-0.39, 0.29) is 5.92 Å². The molecule has 2 aromatic carbocycles. The Balaban J connectivity index is 2.02. The number of alkyl halides is 3. The van der Waals surface area contributed by atoms with Gasteiger partial charge in [0.05, 0.1) is 19.8 Å². The normalized spacial score (nSPS) is 13.9. The minimum absolute atomic E-state index is 0.114. The Morgan fingerprint density at radius 3 is 2.18 bits per heavy atom. The summed E-state index contributed by atoms with van der Waals surface area (Å²) >= 11 is 0. The molecule has 0 saturated carbocycles. The summed E-state index contributed by atoms with van der Waals surface area (Å²) < 4.78 is 50.5. The van der Waals surface area contributed by atoms with Crippen molar-refractivity contribution in [1.29, 1.82) is 0 Å². The lowest BCUT2D eigenvalue weighted by molar-refractivity contribution is -0.137.